The zero-order chi connectivity index (χ0) is 23.4. The molecule has 8 heteroatoms. The van der Waals surface area contributed by atoms with E-state index in [9.17, 15) is 14.4 Å². The number of nitrogens with zero attached hydrogens (tertiary/aromatic N) is 1. The van der Waals surface area contributed by atoms with E-state index in [4.69, 9.17) is 15.6 Å². The fourth-order valence-electron chi connectivity index (χ4n) is 3.49. The molecule has 1 heterocycles. The number of ketones is 1. The van der Waals surface area contributed by atoms with E-state index in [2.05, 4.69) is 0 Å². The van der Waals surface area contributed by atoms with Crippen LogP contribution in [0.2, 0.25) is 0 Å². The standard InChI is InChI=1S/C25H22N2O5S/c26-20(24(29)30)14-16-6-9-19(10-7-16)32-13-12-27-21-11-8-18(15-22(21)33-25(27)31)23(28)17-4-2-1-3-5-17/h1-11,15,20H,12-14,26H2,(H,29,30). The maximum atomic E-state index is 12.7. The van der Waals surface area contributed by atoms with Crippen molar-refractivity contribution in [1.29, 1.82) is 0 Å². The normalized spacial score (nSPS) is 11.9. The molecule has 0 aliphatic rings. The lowest BCUT2D eigenvalue weighted by Crippen LogP contribution is -2.32. The molecule has 3 N–H and O–H groups in total. The van der Waals surface area contributed by atoms with Gasteiger partial charge in [-0.3, -0.25) is 19.0 Å². The Hall–Kier alpha value is -3.75. The number of aromatic nitrogens is 1. The van der Waals surface area contributed by atoms with Gasteiger partial charge in [-0.2, -0.15) is 0 Å². The van der Waals surface area contributed by atoms with Gasteiger partial charge >= 0.3 is 10.8 Å². The maximum absolute atomic E-state index is 12.7. The minimum Gasteiger partial charge on any atom is -0.492 e. The molecule has 1 unspecified atom stereocenters. The van der Waals surface area contributed by atoms with Crippen LogP contribution in [0.15, 0.2) is 77.6 Å². The number of hydrogen-bond acceptors (Lipinski definition) is 6. The highest BCUT2D eigenvalue weighted by Crippen LogP contribution is 2.21. The lowest BCUT2D eigenvalue weighted by Gasteiger charge is -2.10. The van der Waals surface area contributed by atoms with Crippen LogP contribution in [0.4, 0.5) is 0 Å². The molecular weight excluding hydrogens is 440 g/mol. The Labute approximate surface area is 193 Å². The van der Waals surface area contributed by atoms with Gasteiger partial charge in [-0.25, -0.2) is 0 Å². The van der Waals surface area contributed by atoms with Crippen LogP contribution in [0.25, 0.3) is 10.2 Å². The number of ether oxygens (including phenoxy) is 1. The van der Waals surface area contributed by atoms with Crippen molar-refractivity contribution in [3.05, 3.63) is 99.2 Å². The number of carboxylic acid groups (broad SMARTS) is 1. The lowest BCUT2D eigenvalue weighted by atomic mass is 10.0. The number of aliphatic carboxylic acids is 1. The number of benzene rings is 3. The van der Waals surface area contributed by atoms with Crippen LogP contribution in [-0.4, -0.2) is 34.1 Å². The van der Waals surface area contributed by atoms with Crippen molar-refractivity contribution < 1.29 is 19.4 Å². The van der Waals surface area contributed by atoms with E-state index in [1.807, 2.05) is 18.2 Å². The van der Waals surface area contributed by atoms with E-state index in [1.54, 1.807) is 59.2 Å². The molecule has 3 aromatic carbocycles. The largest absolute Gasteiger partial charge is 0.492 e. The van der Waals surface area contributed by atoms with E-state index in [1.165, 1.54) is 0 Å². The third-order valence-electron chi connectivity index (χ3n) is 5.25. The molecular formula is C25H22N2O5S. The molecule has 0 radical (unpaired) electrons. The molecule has 0 fully saturated rings. The van der Waals surface area contributed by atoms with Crippen LogP contribution in [0.3, 0.4) is 0 Å². The minimum absolute atomic E-state index is 0.0824. The van der Waals surface area contributed by atoms with Crippen molar-refractivity contribution in [2.45, 2.75) is 19.0 Å². The Morgan fingerprint density at radius 1 is 1.00 bits per heavy atom. The van der Waals surface area contributed by atoms with Crippen LogP contribution < -0.4 is 15.3 Å². The molecule has 0 spiro atoms. The van der Waals surface area contributed by atoms with Gasteiger partial charge in [0.1, 0.15) is 18.4 Å². The molecule has 0 bridgehead atoms. The topological polar surface area (TPSA) is 112 Å². The Morgan fingerprint density at radius 2 is 1.73 bits per heavy atom. The number of rotatable bonds is 9. The Balaban J connectivity index is 1.42. The molecule has 1 aromatic heterocycles. The van der Waals surface area contributed by atoms with Crippen molar-refractivity contribution >= 4 is 33.3 Å². The zero-order valence-electron chi connectivity index (χ0n) is 17.6. The van der Waals surface area contributed by atoms with Gasteiger partial charge in [0.25, 0.3) is 0 Å². The first kappa shape index (κ1) is 22.4. The average molecular weight is 463 g/mol. The summed E-state index contributed by atoms with van der Waals surface area (Å²) >= 11 is 1.10. The monoisotopic (exact) mass is 462 g/mol. The van der Waals surface area contributed by atoms with E-state index in [-0.39, 0.29) is 23.7 Å². The molecule has 0 amide bonds. The summed E-state index contributed by atoms with van der Waals surface area (Å²) in [6.07, 6.45) is 0.237. The second kappa shape index (κ2) is 9.81. The molecule has 0 aliphatic heterocycles. The maximum Gasteiger partial charge on any atom is 0.320 e. The fraction of sp³-hybridized carbons (Fsp3) is 0.160. The van der Waals surface area contributed by atoms with Gasteiger partial charge in [0.2, 0.25) is 0 Å². The smallest absolute Gasteiger partial charge is 0.320 e. The second-order valence-corrected chi connectivity index (χ2v) is 8.53. The highest BCUT2D eigenvalue weighted by atomic mass is 32.1. The quantitative estimate of drug-likeness (QED) is 0.369. The van der Waals surface area contributed by atoms with Crippen LogP contribution in [0.5, 0.6) is 5.75 Å². The first-order chi connectivity index (χ1) is 15.9. The van der Waals surface area contributed by atoms with Gasteiger partial charge in [0.15, 0.2) is 5.78 Å². The molecule has 0 saturated heterocycles. The molecule has 4 aromatic rings. The molecule has 0 aliphatic carbocycles. The number of fused-ring (bicyclic) bond motifs is 1. The molecule has 33 heavy (non-hydrogen) atoms. The first-order valence-electron chi connectivity index (χ1n) is 10.4. The molecule has 4 rings (SSSR count). The first-order valence-corrected chi connectivity index (χ1v) is 11.2. The zero-order valence-corrected chi connectivity index (χ0v) is 18.5. The second-order valence-electron chi connectivity index (χ2n) is 7.54. The van der Waals surface area contributed by atoms with E-state index in [0.29, 0.717) is 23.4 Å². The van der Waals surface area contributed by atoms with Gasteiger partial charge in [0, 0.05) is 11.1 Å². The van der Waals surface area contributed by atoms with Crippen LogP contribution in [0, 0.1) is 0 Å². The fourth-order valence-corrected chi connectivity index (χ4v) is 4.45. The van der Waals surface area contributed by atoms with Gasteiger partial charge in [0.05, 0.1) is 16.8 Å². The summed E-state index contributed by atoms with van der Waals surface area (Å²) in [5.74, 6) is -0.507. The summed E-state index contributed by atoms with van der Waals surface area (Å²) in [5, 5.41) is 8.90. The SMILES string of the molecule is NC(Cc1ccc(OCCn2c(=O)sc3cc(C(=O)c4ccccc4)ccc32)cc1)C(=O)O. The van der Waals surface area contributed by atoms with Crippen molar-refractivity contribution in [3.63, 3.8) is 0 Å². The predicted molar refractivity (Wildman–Crippen MR) is 127 cm³/mol. The summed E-state index contributed by atoms with van der Waals surface area (Å²) in [7, 11) is 0. The van der Waals surface area contributed by atoms with Crippen molar-refractivity contribution in [3.8, 4) is 5.75 Å². The average Bonchev–Trinajstić information content (AvgIpc) is 3.14. The van der Waals surface area contributed by atoms with E-state index < -0.39 is 12.0 Å². The number of hydrogen-bond donors (Lipinski definition) is 2. The third kappa shape index (κ3) is 5.19. The number of carbonyl (C=O) groups excluding carboxylic acids is 1. The summed E-state index contributed by atoms with van der Waals surface area (Å²) in [6.45, 7) is 0.640. The summed E-state index contributed by atoms with van der Waals surface area (Å²) < 4.78 is 8.14. The molecule has 1 atom stereocenters. The summed E-state index contributed by atoms with van der Waals surface area (Å²) in [6, 6.07) is 20.4. The number of nitrogens with two attached hydrogens (primary N) is 1. The van der Waals surface area contributed by atoms with E-state index in [0.717, 1.165) is 27.1 Å². The molecule has 168 valence electrons. The highest BCUT2D eigenvalue weighted by molar-refractivity contribution is 7.16. The molecule has 7 nitrogen and oxygen atoms in total. The Morgan fingerprint density at radius 3 is 2.42 bits per heavy atom. The number of carboxylic acids is 1. The highest BCUT2D eigenvalue weighted by Gasteiger charge is 2.14. The van der Waals surface area contributed by atoms with Crippen molar-refractivity contribution in [2.75, 3.05) is 6.61 Å². The van der Waals surface area contributed by atoms with Crippen LogP contribution >= 0.6 is 11.3 Å². The summed E-state index contributed by atoms with van der Waals surface area (Å²) in [4.78, 5) is 36.0. The van der Waals surface area contributed by atoms with Crippen LogP contribution in [0.1, 0.15) is 21.5 Å². The Kier molecular flexibility index (Phi) is 6.67. The Bertz CT molecular complexity index is 1340. The minimum atomic E-state index is -1.04. The number of carbonyl (C=O) groups is 2. The van der Waals surface area contributed by atoms with Crippen LogP contribution in [-0.2, 0) is 17.8 Å². The van der Waals surface area contributed by atoms with Gasteiger partial charge in [-0.1, -0.05) is 53.8 Å². The van der Waals surface area contributed by atoms with Gasteiger partial charge in [-0.05, 0) is 42.3 Å². The van der Waals surface area contributed by atoms with Crippen molar-refractivity contribution in [2.24, 2.45) is 5.73 Å². The molecule has 0 saturated carbocycles. The van der Waals surface area contributed by atoms with Gasteiger partial charge < -0.3 is 15.6 Å². The van der Waals surface area contributed by atoms with Gasteiger partial charge in [-0.15, -0.1) is 0 Å². The number of thiazole rings is 1. The summed E-state index contributed by atoms with van der Waals surface area (Å²) in [5.41, 5.74) is 8.27. The third-order valence-corrected chi connectivity index (χ3v) is 6.19. The lowest BCUT2D eigenvalue weighted by molar-refractivity contribution is -0.138. The van der Waals surface area contributed by atoms with E-state index >= 15 is 0 Å². The predicted octanol–water partition coefficient (Wildman–Crippen LogP) is 3.33. The van der Waals surface area contributed by atoms with Crippen molar-refractivity contribution in [1.82, 2.24) is 4.57 Å².